The van der Waals surface area contributed by atoms with Crippen molar-refractivity contribution in [2.75, 3.05) is 6.54 Å². The molecule has 2 aromatic rings. The molecule has 7 rings (SSSR count). The first kappa shape index (κ1) is 35.1. The lowest BCUT2D eigenvalue weighted by molar-refractivity contribution is -0.141. The van der Waals surface area contributed by atoms with Crippen LogP contribution in [0.15, 0.2) is 36.4 Å². The summed E-state index contributed by atoms with van der Waals surface area (Å²) in [6, 6.07) is 4.37. The summed E-state index contributed by atoms with van der Waals surface area (Å²) in [7, 11) is -4.04. The first-order valence-corrected chi connectivity index (χ1v) is 18.9. The fraction of sp³-hybridized carbons (Fsp3) is 0.571. The van der Waals surface area contributed by atoms with Crippen LogP contribution < -0.4 is 20.1 Å². The van der Waals surface area contributed by atoms with Crippen LogP contribution in [0.3, 0.4) is 0 Å². The Bertz CT molecular complexity index is 1940. The van der Waals surface area contributed by atoms with Crippen molar-refractivity contribution in [3.05, 3.63) is 47.7 Å². The Hall–Kier alpha value is -4.34. The molecule has 51 heavy (non-hydrogen) atoms. The van der Waals surface area contributed by atoms with Crippen molar-refractivity contribution in [1.82, 2.24) is 25.2 Å². The minimum atomic E-state index is -4.04. The van der Waals surface area contributed by atoms with Crippen LogP contribution in [-0.4, -0.2) is 81.7 Å². The van der Waals surface area contributed by atoms with Gasteiger partial charge in [-0.2, -0.15) is 0 Å². The van der Waals surface area contributed by atoms with Crippen LogP contribution in [-0.2, 0) is 30.8 Å². The number of halogens is 2. The molecule has 3 aliphatic heterocycles. The largest absolute Gasteiger partial charge is 0.483 e. The van der Waals surface area contributed by atoms with E-state index >= 15 is 0 Å². The number of para-hydroxylation sites is 1. The molecule has 0 unspecified atom stereocenters. The summed E-state index contributed by atoms with van der Waals surface area (Å²) in [6.07, 6.45) is 3.25. The van der Waals surface area contributed by atoms with Gasteiger partial charge in [0.1, 0.15) is 28.9 Å². The number of fused-ring (bicyclic) bond motifs is 5. The van der Waals surface area contributed by atoms with Crippen LogP contribution in [0, 0.1) is 5.92 Å². The number of carbonyl (C=O) groups is 4. The third-order valence-corrected chi connectivity index (χ3v) is 13.4. The molecule has 13 nitrogen and oxygen atoms in total. The number of alkyl halides is 2. The number of carboxylic acid groups (broad SMARTS) is 1. The van der Waals surface area contributed by atoms with Crippen molar-refractivity contribution < 1.29 is 46.2 Å². The molecule has 5 atom stereocenters. The molecular formula is C35H41F2N5O8S. The van der Waals surface area contributed by atoms with Gasteiger partial charge in [0.15, 0.2) is 5.75 Å². The van der Waals surface area contributed by atoms with Crippen molar-refractivity contribution in [2.45, 2.75) is 112 Å². The lowest BCUT2D eigenvalue weighted by Gasteiger charge is -2.37. The molecule has 4 N–H and O–H groups in total. The smallest absolute Gasteiger partial charge is 0.405 e. The molecule has 274 valence electrons. The highest BCUT2D eigenvalue weighted by Gasteiger charge is 2.64. The fourth-order valence-electron chi connectivity index (χ4n) is 7.80. The second-order valence-corrected chi connectivity index (χ2v) is 17.0. The Kier molecular flexibility index (Phi) is 8.74. The van der Waals surface area contributed by atoms with E-state index in [9.17, 15) is 41.5 Å². The van der Waals surface area contributed by atoms with Crippen molar-refractivity contribution >= 4 is 44.7 Å². The molecule has 1 spiro atoms. The number of nitrogens with zero attached hydrogens (tertiary/aromatic N) is 2. The van der Waals surface area contributed by atoms with Gasteiger partial charge in [-0.15, -0.1) is 0 Å². The van der Waals surface area contributed by atoms with E-state index in [0.717, 1.165) is 0 Å². The maximum absolute atomic E-state index is 14.5. The molecule has 4 amide bonds. The lowest BCUT2D eigenvalue weighted by Crippen LogP contribution is -2.58. The zero-order chi connectivity index (χ0) is 36.3. The fourth-order valence-corrected chi connectivity index (χ4v) is 9.12. The van der Waals surface area contributed by atoms with E-state index in [1.165, 1.54) is 4.90 Å². The molecule has 0 radical (unpaired) electrons. The van der Waals surface area contributed by atoms with Crippen molar-refractivity contribution in [3.8, 4) is 5.75 Å². The zero-order valence-corrected chi connectivity index (χ0v) is 28.9. The normalized spacial score (nSPS) is 30.9. The Morgan fingerprint density at radius 2 is 1.88 bits per heavy atom. The maximum Gasteiger partial charge on any atom is 0.405 e. The van der Waals surface area contributed by atoms with E-state index in [-0.39, 0.29) is 44.4 Å². The second kappa shape index (κ2) is 12.7. The van der Waals surface area contributed by atoms with E-state index in [2.05, 4.69) is 20.3 Å². The van der Waals surface area contributed by atoms with Gasteiger partial charge in [-0.25, -0.2) is 27.0 Å². The number of sulfonamides is 1. The highest BCUT2D eigenvalue weighted by molar-refractivity contribution is 7.91. The van der Waals surface area contributed by atoms with Crippen LogP contribution in [0.2, 0.25) is 0 Å². The highest BCUT2D eigenvalue weighted by atomic mass is 32.2. The Morgan fingerprint density at radius 1 is 1.12 bits per heavy atom. The number of amides is 4. The van der Waals surface area contributed by atoms with Gasteiger partial charge >= 0.3 is 6.09 Å². The third-order valence-electron chi connectivity index (χ3n) is 11.2. The second-order valence-electron chi connectivity index (χ2n) is 14.8. The molecule has 4 heterocycles. The van der Waals surface area contributed by atoms with E-state index in [1.54, 1.807) is 37.3 Å². The SMILES string of the molecule is CC1(S(=O)(=O)NC(=O)[C@@]23C[C@H]2/C=C\CCCCC[C@H](NC(=O)O)C(=O)N2C[C@@]4(CCc5c(c(C(F)F)nc6ccccc56)O4)C[C@H]2C(=O)N3)CC1. The minimum Gasteiger partial charge on any atom is -0.483 e. The molecule has 5 aliphatic rings. The number of hydrogen-bond donors (Lipinski definition) is 4. The molecule has 1 aromatic heterocycles. The number of allylic oxidation sites excluding steroid dienone is 1. The average molecular weight is 730 g/mol. The van der Waals surface area contributed by atoms with Gasteiger partial charge in [-0.1, -0.05) is 43.2 Å². The van der Waals surface area contributed by atoms with Crippen molar-refractivity contribution in [3.63, 3.8) is 0 Å². The number of carbonyl (C=O) groups excluding carboxylic acids is 3. The Labute approximate surface area is 293 Å². The van der Waals surface area contributed by atoms with Crippen LogP contribution >= 0.6 is 0 Å². The van der Waals surface area contributed by atoms with Crippen LogP contribution in [0.5, 0.6) is 5.75 Å². The lowest BCUT2D eigenvalue weighted by atomic mass is 9.87. The van der Waals surface area contributed by atoms with E-state index in [0.29, 0.717) is 55.0 Å². The van der Waals surface area contributed by atoms with Gasteiger partial charge in [-0.3, -0.25) is 19.1 Å². The number of ether oxygens (including phenoxy) is 1. The molecule has 3 fully saturated rings. The molecular weight excluding hydrogens is 688 g/mol. The number of rotatable bonds is 5. The summed E-state index contributed by atoms with van der Waals surface area (Å²) < 4.78 is 62.6. The molecule has 16 heteroatoms. The summed E-state index contributed by atoms with van der Waals surface area (Å²) in [4.78, 5) is 59.6. The number of aromatic nitrogens is 1. The Morgan fingerprint density at radius 3 is 2.61 bits per heavy atom. The van der Waals surface area contributed by atoms with Gasteiger partial charge < -0.3 is 25.4 Å². The van der Waals surface area contributed by atoms with Crippen molar-refractivity contribution in [1.29, 1.82) is 0 Å². The quantitative estimate of drug-likeness (QED) is 0.332. The van der Waals surface area contributed by atoms with Gasteiger partial charge in [0, 0.05) is 23.3 Å². The molecule has 2 saturated carbocycles. The number of hydrogen-bond acceptors (Lipinski definition) is 8. The standard InChI is InChI=1S/C35H41F2N5O8S/c1-33(15-16-33)51(48,49)41-31(45)35-17-20(35)9-5-3-2-4-6-12-24(39-32(46)47)30(44)42-19-34(18-25(42)29(43)40-35)14-13-22-21-10-7-8-11-23(21)38-26(28(36)37)27(22)50-34/h5,7-11,20,24-25,28,39H,2-4,6,12-19H2,1H3,(H,40,43)(H,41,45)(H,46,47)/b9-5-/t20-,24+,25+,34-,35-/m1/s1. The van der Waals surface area contributed by atoms with Gasteiger partial charge in [0.05, 0.1) is 16.8 Å². The highest BCUT2D eigenvalue weighted by Crippen LogP contribution is 2.49. The topological polar surface area (TPSA) is 184 Å². The van der Waals surface area contributed by atoms with Crippen LogP contribution in [0.4, 0.5) is 13.6 Å². The van der Waals surface area contributed by atoms with Gasteiger partial charge in [0.2, 0.25) is 21.8 Å². The average Bonchev–Trinajstić information content (AvgIpc) is 3.97. The van der Waals surface area contributed by atoms with Crippen LogP contribution in [0.25, 0.3) is 10.9 Å². The predicted molar refractivity (Wildman–Crippen MR) is 179 cm³/mol. The van der Waals surface area contributed by atoms with Crippen molar-refractivity contribution in [2.24, 2.45) is 5.92 Å². The third kappa shape index (κ3) is 6.40. The summed E-state index contributed by atoms with van der Waals surface area (Å²) in [5.41, 5.74) is -2.55. The summed E-state index contributed by atoms with van der Waals surface area (Å²) >= 11 is 0. The first-order chi connectivity index (χ1) is 24.2. The summed E-state index contributed by atoms with van der Waals surface area (Å²) in [5.74, 6) is -2.93. The number of nitrogens with one attached hydrogen (secondary N) is 3. The first-order valence-electron chi connectivity index (χ1n) is 17.4. The zero-order valence-electron chi connectivity index (χ0n) is 28.1. The number of aryl methyl sites for hydroxylation is 1. The molecule has 2 aliphatic carbocycles. The molecule has 1 saturated heterocycles. The minimum absolute atomic E-state index is 0.104. The van der Waals surface area contributed by atoms with Gasteiger partial charge in [-0.05, 0) is 64.4 Å². The monoisotopic (exact) mass is 729 g/mol. The van der Waals surface area contributed by atoms with Crippen LogP contribution in [0.1, 0.15) is 88.8 Å². The van der Waals surface area contributed by atoms with Gasteiger partial charge in [0.25, 0.3) is 12.3 Å². The molecule has 0 bridgehead atoms. The van der Waals surface area contributed by atoms with E-state index < -0.39 is 79.8 Å². The van der Waals surface area contributed by atoms with E-state index in [4.69, 9.17) is 4.74 Å². The molecule has 1 aromatic carbocycles. The summed E-state index contributed by atoms with van der Waals surface area (Å²) in [6.45, 7) is 1.33. The number of benzene rings is 1. The predicted octanol–water partition coefficient (Wildman–Crippen LogP) is 3.87. The summed E-state index contributed by atoms with van der Waals surface area (Å²) in [5, 5.41) is 15.4. The number of pyridine rings is 1. The maximum atomic E-state index is 14.5. The Balaban J connectivity index is 1.25. The van der Waals surface area contributed by atoms with E-state index in [1.807, 2.05) is 6.08 Å².